The molecule has 0 aliphatic carbocycles. The quantitative estimate of drug-likeness (QED) is 0.452. The van der Waals surface area contributed by atoms with Crippen molar-refractivity contribution in [2.45, 2.75) is 13.0 Å². The van der Waals surface area contributed by atoms with Crippen molar-refractivity contribution < 1.29 is 14.2 Å². The second kappa shape index (κ2) is 7.26. The zero-order valence-electron chi connectivity index (χ0n) is 14.4. The molecule has 0 unspecified atom stereocenters. The van der Waals surface area contributed by atoms with Crippen LogP contribution in [0.5, 0.6) is 0 Å². The van der Waals surface area contributed by atoms with E-state index >= 15 is 0 Å². The van der Waals surface area contributed by atoms with E-state index in [1.54, 1.807) is 17.0 Å². The topological polar surface area (TPSA) is 89.5 Å². The number of benzene rings is 2. The van der Waals surface area contributed by atoms with Crippen molar-refractivity contribution in [3.63, 3.8) is 0 Å². The van der Waals surface area contributed by atoms with Crippen LogP contribution in [-0.2, 0) is 13.0 Å². The predicted molar refractivity (Wildman–Crippen MR) is 103 cm³/mol. The van der Waals surface area contributed by atoms with Crippen molar-refractivity contribution >= 4 is 34.8 Å². The van der Waals surface area contributed by atoms with Crippen LogP contribution in [0.25, 0.3) is 11.3 Å². The molecule has 1 aromatic heterocycles. The average Bonchev–Trinajstić information content (AvgIpc) is 3.11. The number of rotatable bonds is 3. The largest absolute Gasteiger partial charge is 0.356 e. The Labute approximate surface area is 169 Å². The van der Waals surface area contributed by atoms with Crippen molar-refractivity contribution in [2.24, 2.45) is 0 Å². The molecule has 0 N–H and O–H groups in total. The molecular weight excluding hydrogens is 405 g/mol. The first-order valence-electron chi connectivity index (χ1n) is 8.40. The molecule has 1 aliphatic rings. The van der Waals surface area contributed by atoms with Gasteiger partial charge in [0, 0.05) is 34.8 Å². The van der Waals surface area contributed by atoms with E-state index < -0.39 is 4.92 Å². The third-order valence-electron chi connectivity index (χ3n) is 4.63. The summed E-state index contributed by atoms with van der Waals surface area (Å²) in [5.41, 5.74) is 2.37. The molecule has 0 radical (unpaired) electrons. The van der Waals surface area contributed by atoms with Gasteiger partial charge < -0.3 is 9.42 Å². The SMILES string of the molecule is O=C(c1cc([N+](=O)[O-])ccc1Cl)N1CCc2c(noc2-c2ccc(Cl)cc2)C1. The van der Waals surface area contributed by atoms with Gasteiger partial charge in [-0.1, -0.05) is 28.4 Å². The maximum atomic E-state index is 12.9. The number of non-ortho nitro benzene ring substituents is 1. The smallest absolute Gasteiger partial charge is 0.270 e. The number of carbonyl (C=O) groups is 1. The van der Waals surface area contributed by atoms with Crippen LogP contribution < -0.4 is 0 Å². The molecule has 1 amide bonds. The number of nitrogens with zero attached hydrogens (tertiary/aromatic N) is 3. The van der Waals surface area contributed by atoms with Crippen LogP contribution in [0.4, 0.5) is 5.69 Å². The van der Waals surface area contributed by atoms with E-state index in [4.69, 9.17) is 27.7 Å². The number of fused-ring (bicyclic) bond motifs is 1. The van der Waals surface area contributed by atoms with Crippen molar-refractivity contribution in [3.05, 3.63) is 79.4 Å². The van der Waals surface area contributed by atoms with Crippen molar-refractivity contribution in [3.8, 4) is 11.3 Å². The van der Waals surface area contributed by atoms with E-state index in [0.29, 0.717) is 29.4 Å². The van der Waals surface area contributed by atoms with Crippen LogP contribution in [0.15, 0.2) is 47.0 Å². The van der Waals surface area contributed by atoms with E-state index in [1.165, 1.54) is 18.2 Å². The lowest BCUT2D eigenvalue weighted by Crippen LogP contribution is -2.36. The second-order valence-corrected chi connectivity index (χ2v) is 7.19. The standard InChI is InChI=1S/C19H13Cl2N3O4/c20-12-3-1-11(2-4-12)18-14-7-8-23(10-17(14)22-28-18)19(25)15-9-13(24(26)27)5-6-16(15)21/h1-6,9H,7-8,10H2. The van der Waals surface area contributed by atoms with Crippen LogP contribution in [0, 0.1) is 10.1 Å². The molecule has 4 rings (SSSR count). The predicted octanol–water partition coefficient (Wildman–Crippen LogP) is 4.76. The van der Waals surface area contributed by atoms with Gasteiger partial charge in [-0.2, -0.15) is 0 Å². The summed E-state index contributed by atoms with van der Waals surface area (Å²) in [6.45, 7) is 0.664. The monoisotopic (exact) mass is 417 g/mol. The van der Waals surface area contributed by atoms with Gasteiger partial charge in [-0.3, -0.25) is 14.9 Å². The van der Waals surface area contributed by atoms with Gasteiger partial charge >= 0.3 is 0 Å². The Hall–Kier alpha value is -2.90. The van der Waals surface area contributed by atoms with E-state index in [1.807, 2.05) is 12.1 Å². The maximum Gasteiger partial charge on any atom is 0.270 e. The molecule has 1 aliphatic heterocycles. The fourth-order valence-corrected chi connectivity index (χ4v) is 3.52. The highest BCUT2D eigenvalue weighted by Crippen LogP contribution is 2.32. The lowest BCUT2D eigenvalue weighted by atomic mass is 10.00. The number of amides is 1. The van der Waals surface area contributed by atoms with Gasteiger partial charge in [-0.25, -0.2) is 0 Å². The highest BCUT2D eigenvalue weighted by molar-refractivity contribution is 6.34. The fourth-order valence-electron chi connectivity index (χ4n) is 3.19. The normalized spacial score (nSPS) is 13.3. The van der Waals surface area contributed by atoms with Gasteiger partial charge in [-0.05, 0) is 36.8 Å². The summed E-state index contributed by atoms with van der Waals surface area (Å²) >= 11 is 12.0. The summed E-state index contributed by atoms with van der Waals surface area (Å²) in [7, 11) is 0. The fraction of sp³-hybridized carbons (Fsp3) is 0.158. The van der Waals surface area contributed by atoms with E-state index in [-0.39, 0.29) is 28.7 Å². The number of aromatic nitrogens is 1. The molecule has 9 heteroatoms. The first kappa shape index (κ1) is 18.5. The van der Waals surface area contributed by atoms with Crippen molar-refractivity contribution in [2.75, 3.05) is 6.54 Å². The zero-order valence-corrected chi connectivity index (χ0v) is 15.9. The minimum Gasteiger partial charge on any atom is -0.356 e. The van der Waals surface area contributed by atoms with E-state index in [2.05, 4.69) is 5.16 Å². The molecule has 0 fully saturated rings. The van der Waals surface area contributed by atoms with Crippen LogP contribution in [0.1, 0.15) is 21.6 Å². The molecule has 2 heterocycles. The highest BCUT2D eigenvalue weighted by atomic mass is 35.5. The van der Waals surface area contributed by atoms with E-state index in [0.717, 1.165) is 11.1 Å². The van der Waals surface area contributed by atoms with Gasteiger partial charge in [0.25, 0.3) is 11.6 Å². The summed E-state index contributed by atoms with van der Waals surface area (Å²) in [5, 5.41) is 15.9. The lowest BCUT2D eigenvalue weighted by molar-refractivity contribution is -0.384. The molecule has 0 saturated carbocycles. The summed E-state index contributed by atoms with van der Waals surface area (Å²) in [4.78, 5) is 24.9. The summed E-state index contributed by atoms with van der Waals surface area (Å²) in [6, 6.07) is 11.1. The molecular formula is C19H13Cl2N3O4. The molecule has 28 heavy (non-hydrogen) atoms. The van der Waals surface area contributed by atoms with E-state index in [9.17, 15) is 14.9 Å². The molecule has 142 valence electrons. The molecule has 0 saturated heterocycles. The van der Waals surface area contributed by atoms with Crippen molar-refractivity contribution in [1.82, 2.24) is 10.1 Å². The Balaban J connectivity index is 1.60. The number of carbonyl (C=O) groups excluding carboxylic acids is 1. The van der Waals surface area contributed by atoms with Crippen LogP contribution >= 0.6 is 23.2 Å². The number of hydrogen-bond acceptors (Lipinski definition) is 5. The summed E-state index contributed by atoms with van der Waals surface area (Å²) in [5.74, 6) is 0.280. The molecule has 2 aromatic carbocycles. The second-order valence-electron chi connectivity index (χ2n) is 6.34. The van der Waals surface area contributed by atoms with Gasteiger partial charge in [0.2, 0.25) is 0 Å². The Bertz CT molecular complexity index is 1080. The van der Waals surface area contributed by atoms with Crippen LogP contribution in [-0.4, -0.2) is 27.4 Å². The molecule has 7 nitrogen and oxygen atoms in total. The minimum absolute atomic E-state index is 0.0979. The van der Waals surface area contributed by atoms with Gasteiger partial charge in [-0.15, -0.1) is 0 Å². The molecule has 3 aromatic rings. The number of hydrogen-bond donors (Lipinski definition) is 0. The Morgan fingerprint density at radius 3 is 2.64 bits per heavy atom. The summed E-state index contributed by atoms with van der Waals surface area (Å²) < 4.78 is 5.51. The first-order chi connectivity index (χ1) is 13.4. The molecule has 0 spiro atoms. The number of nitro groups is 1. The maximum absolute atomic E-state index is 12.9. The van der Waals surface area contributed by atoms with Crippen molar-refractivity contribution in [1.29, 1.82) is 0 Å². The highest BCUT2D eigenvalue weighted by Gasteiger charge is 2.29. The summed E-state index contributed by atoms with van der Waals surface area (Å²) in [6.07, 6.45) is 0.551. The van der Waals surface area contributed by atoms with Gasteiger partial charge in [0.15, 0.2) is 5.76 Å². The lowest BCUT2D eigenvalue weighted by Gasteiger charge is -2.26. The molecule has 0 atom stereocenters. The zero-order chi connectivity index (χ0) is 19.8. The average molecular weight is 418 g/mol. The third-order valence-corrected chi connectivity index (χ3v) is 5.21. The van der Waals surface area contributed by atoms with Gasteiger partial charge in [0.05, 0.1) is 22.1 Å². The van der Waals surface area contributed by atoms with Gasteiger partial charge in [0.1, 0.15) is 5.69 Å². The third kappa shape index (κ3) is 3.34. The first-order valence-corrected chi connectivity index (χ1v) is 9.16. The Kier molecular flexibility index (Phi) is 4.78. The Morgan fingerprint density at radius 2 is 1.93 bits per heavy atom. The Morgan fingerprint density at radius 1 is 1.18 bits per heavy atom. The van der Waals surface area contributed by atoms with Crippen LogP contribution in [0.3, 0.4) is 0 Å². The minimum atomic E-state index is -0.558. The number of nitro benzene ring substituents is 1. The van der Waals surface area contributed by atoms with Crippen LogP contribution in [0.2, 0.25) is 10.0 Å². The number of halogens is 2. The molecule has 0 bridgehead atoms.